The molecule has 0 saturated heterocycles. The fourth-order valence-corrected chi connectivity index (χ4v) is 2.67. The molecular weight excluding hydrogens is 362 g/mol. The second-order valence-corrected chi connectivity index (χ2v) is 6.75. The lowest BCUT2D eigenvalue weighted by Crippen LogP contribution is -2.42. The lowest BCUT2D eigenvalue weighted by Gasteiger charge is -2.16. The highest BCUT2D eigenvalue weighted by molar-refractivity contribution is 5.87. The molecule has 150 valence electrons. The molecule has 1 aliphatic heterocycles. The molecule has 1 aromatic carbocycles. The smallest absolute Gasteiger partial charge is 0.412 e. The van der Waals surface area contributed by atoms with E-state index in [0.29, 0.717) is 12.8 Å². The largest absolute Gasteiger partial charge is 0.480 e. The highest BCUT2D eigenvalue weighted by atomic mass is 16.6. The molecule has 3 N–H and O–H groups in total. The molecule has 0 fully saturated rings. The number of hydrogen-bond donors (Lipinski definition) is 3. The van der Waals surface area contributed by atoms with Crippen molar-refractivity contribution >= 4 is 24.2 Å². The molecule has 8 nitrogen and oxygen atoms in total. The first-order valence-corrected chi connectivity index (χ1v) is 9.13. The Hall–Kier alpha value is -3.16. The topological polar surface area (TPSA) is 108 Å². The van der Waals surface area contributed by atoms with Gasteiger partial charge in [0.25, 0.3) is 6.73 Å². The van der Waals surface area contributed by atoms with Gasteiger partial charge in [0.1, 0.15) is 12.3 Å². The average molecular weight is 388 g/mol. The van der Waals surface area contributed by atoms with Gasteiger partial charge in [-0.15, -0.1) is 0 Å². The van der Waals surface area contributed by atoms with Gasteiger partial charge < -0.3 is 20.5 Å². The predicted molar refractivity (Wildman–Crippen MR) is 103 cm³/mol. The van der Waals surface area contributed by atoms with E-state index in [1.54, 1.807) is 23.1 Å². The zero-order chi connectivity index (χ0) is 20.5. The van der Waals surface area contributed by atoms with E-state index in [1.807, 2.05) is 37.3 Å². The fourth-order valence-electron chi connectivity index (χ4n) is 2.67. The molecule has 2 amide bonds. The summed E-state index contributed by atoms with van der Waals surface area (Å²) in [4.78, 5) is 34.7. The van der Waals surface area contributed by atoms with Crippen LogP contribution in [0.4, 0.5) is 4.79 Å². The molecule has 28 heavy (non-hydrogen) atoms. The number of nitrogens with zero attached hydrogens (tertiary/aromatic N) is 1. The summed E-state index contributed by atoms with van der Waals surface area (Å²) in [7, 11) is 0. The number of carboxylic acid groups (broad SMARTS) is 1. The SMILES string of the molecule is C[C@H](NC(=O)[C@H]1C=C[N+](COC(=O)N[C@@H](C)Cc2ccccc2)=CC1)C(=O)O. The number of amides is 2. The number of ether oxygens (including phenoxy) is 1. The van der Waals surface area contributed by atoms with Crippen LogP contribution < -0.4 is 10.6 Å². The van der Waals surface area contributed by atoms with Gasteiger partial charge in [0.05, 0.1) is 5.92 Å². The van der Waals surface area contributed by atoms with E-state index in [2.05, 4.69) is 10.6 Å². The Labute approximate surface area is 163 Å². The van der Waals surface area contributed by atoms with E-state index in [0.717, 1.165) is 5.56 Å². The third kappa shape index (κ3) is 6.86. The monoisotopic (exact) mass is 388 g/mol. The van der Waals surface area contributed by atoms with Gasteiger partial charge >= 0.3 is 12.1 Å². The van der Waals surface area contributed by atoms with Crippen LogP contribution in [0.2, 0.25) is 0 Å². The summed E-state index contributed by atoms with van der Waals surface area (Å²) < 4.78 is 6.86. The first-order chi connectivity index (χ1) is 13.3. The summed E-state index contributed by atoms with van der Waals surface area (Å²) in [5.74, 6) is -1.88. The van der Waals surface area contributed by atoms with Gasteiger partial charge in [-0.25, -0.2) is 4.79 Å². The van der Waals surface area contributed by atoms with E-state index in [4.69, 9.17) is 9.84 Å². The molecule has 0 aromatic heterocycles. The fraction of sp³-hybridized carbons (Fsp3) is 0.400. The van der Waals surface area contributed by atoms with Crippen LogP contribution in [-0.2, 0) is 20.7 Å². The number of benzene rings is 1. The highest BCUT2D eigenvalue weighted by Crippen LogP contribution is 2.09. The van der Waals surface area contributed by atoms with Crippen molar-refractivity contribution in [3.63, 3.8) is 0 Å². The second-order valence-electron chi connectivity index (χ2n) is 6.75. The number of rotatable bonds is 8. The van der Waals surface area contributed by atoms with Gasteiger partial charge in [-0.05, 0) is 31.9 Å². The standard InChI is InChI=1S/C20H25N3O5/c1-14(12-16-6-4-3-5-7-16)21-20(27)28-13-23-10-8-17(9-11-23)18(24)22-15(2)19(25)26/h3-8,10-11,14-15,17H,9,12-13H2,1-2H3,(H2-,21,22,24,25,26,27)/p+1/t14-,15-,17-/m0/s1. The average Bonchev–Trinajstić information content (AvgIpc) is 2.67. The highest BCUT2D eigenvalue weighted by Gasteiger charge is 2.24. The Kier molecular flexibility index (Phi) is 7.74. The molecule has 0 bridgehead atoms. The molecule has 0 radical (unpaired) electrons. The number of carbonyl (C=O) groups excluding carboxylic acids is 2. The number of carboxylic acids is 1. The van der Waals surface area contributed by atoms with Gasteiger partial charge in [-0.2, -0.15) is 4.58 Å². The molecule has 0 spiro atoms. The van der Waals surface area contributed by atoms with Crippen LogP contribution in [0.3, 0.4) is 0 Å². The summed E-state index contributed by atoms with van der Waals surface area (Å²) in [6.45, 7) is 3.34. The Morgan fingerprint density at radius 1 is 1.21 bits per heavy atom. The van der Waals surface area contributed by atoms with Crippen LogP contribution in [0.25, 0.3) is 0 Å². The lowest BCUT2D eigenvalue weighted by atomic mass is 10.0. The Morgan fingerprint density at radius 3 is 2.54 bits per heavy atom. The van der Waals surface area contributed by atoms with Crippen molar-refractivity contribution in [3.05, 3.63) is 48.2 Å². The Bertz CT molecular complexity index is 760. The van der Waals surface area contributed by atoms with Crippen LogP contribution in [0.5, 0.6) is 0 Å². The van der Waals surface area contributed by atoms with Crippen LogP contribution in [-0.4, -0.2) is 52.7 Å². The van der Waals surface area contributed by atoms with Crippen molar-refractivity contribution in [1.29, 1.82) is 0 Å². The van der Waals surface area contributed by atoms with Gasteiger partial charge in [-0.1, -0.05) is 30.3 Å². The molecule has 0 aliphatic carbocycles. The minimum Gasteiger partial charge on any atom is -0.480 e. The van der Waals surface area contributed by atoms with E-state index in [9.17, 15) is 14.4 Å². The van der Waals surface area contributed by atoms with Crippen LogP contribution in [0, 0.1) is 5.92 Å². The molecule has 8 heteroatoms. The number of carbonyl (C=O) groups is 3. The van der Waals surface area contributed by atoms with Crippen molar-refractivity contribution in [2.75, 3.05) is 6.73 Å². The molecule has 1 aromatic rings. The first-order valence-electron chi connectivity index (χ1n) is 9.13. The minimum absolute atomic E-state index is 0.0280. The number of alkyl carbamates (subject to hydrolysis) is 1. The summed E-state index contributed by atoms with van der Waals surface area (Å²) in [6.07, 6.45) is 5.61. The van der Waals surface area contributed by atoms with Crippen molar-refractivity contribution in [2.45, 2.75) is 38.8 Å². The Balaban J connectivity index is 1.71. The van der Waals surface area contributed by atoms with Gasteiger partial charge in [0, 0.05) is 12.5 Å². The van der Waals surface area contributed by atoms with Crippen molar-refractivity contribution in [1.82, 2.24) is 10.6 Å². The molecule has 1 heterocycles. The van der Waals surface area contributed by atoms with Crippen LogP contribution in [0.15, 0.2) is 42.6 Å². The van der Waals surface area contributed by atoms with Crippen molar-refractivity contribution in [3.8, 4) is 0 Å². The molecule has 2 rings (SSSR count). The summed E-state index contributed by atoms with van der Waals surface area (Å²) in [6, 6.07) is 8.84. The second kappa shape index (κ2) is 10.2. The van der Waals surface area contributed by atoms with E-state index in [1.165, 1.54) is 6.92 Å². The van der Waals surface area contributed by atoms with Gasteiger partial charge in [0.15, 0.2) is 6.20 Å². The van der Waals surface area contributed by atoms with Crippen molar-refractivity contribution in [2.24, 2.45) is 5.92 Å². The first kappa shape index (κ1) is 21.1. The predicted octanol–water partition coefficient (Wildman–Crippen LogP) is 1.51. The maximum absolute atomic E-state index is 12.0. The zero-order valence-corrected chi connectivity index (χ0v) is 16.0. The molecule has 0 unspecified atom stereocenters. The zero-order valence-electron chi connectivity index (χ0n) is 16.0. The quantitative estimate of drug-likeness (QED) is 0.585. The van der Waals surface area contributed by atoms with Gasteiger partial charge in [-0.3, -0.25) is 9.59 Å². The summed E-state index contributed by atoms with van der Waals surface area (Å²) in [5.41, 5.74) is 1.13. The number of hydrogen-bond acceptors (Lipinski definition) is 4. The molecular formula is C20H26N3O5+. The number of aliphatic carboxylic acids is 1. The summed E-state index contributed by atoms with van der Waals surface area (Å²) in [5, 5.41) is 14.0. The molecule has 0 saturated carbocycles. The number of nitrogens with one attached hydrogen (secondary N) is 2. The van der Waals surface area contributed by atoms with E-state index >= 15 is 0 Å². The maximum Gasteiger partial charge on any atom is 0.412 e. The molecule has 1 aliphatic rings. The third-order valence-electron chi connectivity index (χ3n) is 4.26. The Morgan fingerprint density at radius 2 is 1.93 bits per heavy atom. The van der Waals surface area contributed by atoms with E-state index in [-0.39, 0.29) is 18.7 Å². The summed E-state index contributed by atoms with van der Waals surface area (Å²) >= 11 is 0. The van der Waals surface area contributed by atoms with Crippen LogP contribution >= 0.6 is 0 Å². The maximum atomic E-state index is 12.0. The third-order valence-corrected chi connectivity index (χ3v) is 4.26. The van der Waals surface area contributed by atoms with Crippen LogP contribution in [0.1, 0.15) is 25.8 Å². The van der Waals surface area contributed by atoms with E-state index < -0.39 is 24.0 Å². The molecule has 3 atom stereocenters. The van der Waals surface area contributed by atoms with Crippen molar-refractivity contribution < 1.29 is 28.8 Å². The van der Waals surface area contributed by atoms with Gasteiger partial charge in [0.2, 0.25) is 5.91 Å². The minimum atomic E-state index is -1.08. The normalized spacial score (nSPS) is 17.8. The lowest BCUT2D eigenvalue weighted by molar-refractivity contribution is -0.495.